The zero-order valence-electron chi connectivity index (χ0n) is 22.7. The smallest absolute Gasteiger partial charge is 0.270 e. The van der Waals surface area contributed by atoms with Gasteiger partial charge in [-0.1, -0.05) is 12.1 Å². The van der Waals surface area contributed by atoms with Gasteiger partial charge in [0.05, 0.1) is 11.9 Å². The molecule has 1 aliphatic heterocycles. The molecule has 2 amide bonds. The Morgan fingerprint density at radius 3 is 2.31 bits per heavy atom. The zero-order valence-corrected chi connectivity index (χ0v) is 23.5. The molecular formula is C28H27F3N6O4S. The number of likely N-dealkylation sites (tertiary alicyclic amines) is 1. The first-order valence-corrected chi connectivity index (χ1v) is 14.7. The number of nitrogens with zero attached hydrogens (tertiary/aromatic N) is 4. The number of benzene rings is 2. The lowest BCUT2D eigenvalue weighted by atomic mass is 9.86. The molecule has 1 saturated heterocycles. The van der Waals surface area contributed by atoms with Crippen LogP contribution in [0.1, 0.15) is 51.6 Å². The van der Waals surface area contributed by atoms with E-state index in [0.717, 1.165) is 6.20 Å². The second kappa shape index (κ2) is 11.1. The van der Waals surface area contributed by atoms with E-state index in [4.69, 9.17) is 0 Å². The Bertz CT molecular complexity index is 1790. The highest BCUT2D eigenvalue weighted by Gasteiger charge is 2.38. The van der Waals surface area contributed by atoms with Crippen molar-refractivity contribution in [3.05, 3.63) is 88.7 Å². The molecule has 220 valence electrons. The molecule has 0 aliphatic carbocycles. The number of amides is 2. The van der Waals surface area contributed by atoms with Gasteiger partial charge >= 0.3 is 0 Å². The van der Waals surface area contributed by atoms with Crippen molar-refractivity contribution in [1.82, 2.24) is 24.2 Å². The fourth-order valence-electron chi connectivity index (χ4n) is 4.80. The van der Waals surface area contributed by atoms with Gasteiger partial charge in [0, 0.05) is 37.8 Å². The maximum Gasteiger partial charge on any atom is 0.270 e. The number of hydrogen-bond donors (Lipinski definition) is 2. The van der Waals surface area contributed by atoms with Crippen LogP contribution < -0.4 is 10.0 Å². The van der Waals surface area contributed by atoms with Crippen molar-refractivity contribution in [3.63, 3.8) is 0 Å². The summed E-state index contributed by atoms with van der Waals surface area (Å²) >= 11 is 0. The summed E-state index contributed by atoms with van der Waals surface area (Å²) in [6, 6.07) is 9.18. The molecule has 2 N–H and O–H groups in total. The standard InChI is InChI=1S/C28H27F3N6O4S/c1-3-42(40,41)35-26(38)21-16-33-37-24(21)32-15-22(25(37)34-23-9-8-20(30)14-17(23)2)27(39)36-12-10-28(31,11-13-36)18-4-6-19(29)7-5-18/h4-9,14-16,34H,3,10-13H2,1-2H3,(H,35,38). The van der Waals surface area contributed by atoms with Gasteiger partial charge in [-0.25, -0.2) is 31.3 Å². The Morgan fingerprint density at radius 1 is 1.00 bits per heavy atom. The van der Waals surface area contributed by atoms with Gasteiger partial charge in [-0.2, -0.15) is 9.61 Å². The number of sulfonamides is 1. The third kappa shape index (κ3) is 5.66. The highest BCUT2D eigenvalue weighted by atomic mass is 32.2. The van der Waals surface area contributed by atoms with Crippen LogP contribution in [0.3, 0.4) is 0 Å². The molecule has 2 aromatic carbocycles. The van der Waals surface area contributed by atoms with Crippen molar-refractivity contribution in [3.8, 4) is 0 Å². The molecule has 5 rings (SSSR count). The average Bonchev–Trinajstić information content (AvgIpc) is 3.40. The number of hydrogen-bond acceptors (Lipinski definition) is 7. The highest BCUT2D eigenvalue weighted by Crippen LogP contribution is 2.38. The number of carbonyl (C=O) groups excluding carboxylic acids is 2. The van der Waals surface area contributed by atoms with E-state index in [1.54, 1.807) is 6.92 Å². The van der Waals surface area contributed by atoms with E-state index in [2.05, 4.69) is 15.4 Å². The second-order valence-corrected chi connectivity index (χ2v) is 12.0. The molecule has 0 radical (unpaired) electrons. The highest BCUT2D eigenvalue weighted by molar-refractivity contribution is 7.90. The molecular weight excluding hydrogens is 573 g/mol. The molecule has 0 unspecified atom stereocenters. The molecule has 42 heavy (non-hydrogen) atoms. The number of aryl methyl sites for hydroxylation is 1. The Hall–Kier alpha value is -4.46. The van der Waals surface area contributed by atoms with Gasteiger partial charge in [0.2, 0.25) is 10.0 Å². The quantitative estimate of drug-likeness (QED) is 0.325. The molecule has 3 heterocycles. The first-order chi connectivity index (χ1) is 19.9. The predicted molar refractivity (Wildman–Crippen MR) is 149 cm³/mol. The first-order valence-electron chi connectivity index (χ1n) is 13.1. The van der Waals surface area contributed by atoms with Crippen molar-refractivity contribution in [2.75, 3.05) is 24.2 Å². The number of carbonyl (C=O) groups is 2. The summed E-state index contributed by atoms with van der Waals surface area (Å²) in [6.45, 7) is 3.15. The molecule has 0 saturated carbocycles. The third-order valence-electron chi connectivity index (χ3n) is 7.28. The van der Waals surface area contributed by atoms with Crippen LogP contribution in [0, 0.1) is 18.6 Å². The molecule has 2 aromatic heterocycles. The van der Waals surface area contributed by atoms with Crippen LogP contribution in [0.25, 0.3) is 5.65 Å². The molecule has 14 heteroatoms. The van der Waals surface area contributed by atoms with Crippen molar-refractivity contribution in [2.24, 2.45) is 0 Å². The number of nitrogens with one attached hydrogen (secondary N) is 2. The summed E-state index contributed by atoms with van der Waals surface area (Å²) in [5.41, 5.74) is -0.596. The van der Waals surface area contributed by atoms with Crippen LogP contribution in [0.4, 0.5) is 24.7 Å². The summed E-state index contributed by atoms with van der Waals surface area (Å²) in [6.07, 6.45) is 2.32. The minimum absolute atomic E-state index is 0.0160. The SMILES string of the molecule is CCS(=O)(=O)NC(=O)c1cnn2c(Nc3ccc(F)cc3C)c(C(=O)N3CCC(F)(c4ccc(F)cc4)CC3)cnc12. The number of halogens is 3. The summed E-state index contributed by atoms with van der Waals surface area (Å²) in [7, 11) is -3.88. The number of rotatable bonds is 7. The monoisotopic (exact) mass is 600 g/mol. The minimum Gasteiger partial charge on any atom is -0.339 e. The van der Waals surface area contributed by atoms with Gasteiger partial charge in [-0.05, 0) is 55.3 Å². The van der Waals surface area contributed by atoms with Crippen molar-refractivity contribution >= 4 is 39.0 Å². The zero-order chi connectivity index (χ0) is 30.2. The second-order valence-electron chi connectivity index (χ2n) is 10.00. The van der Waals surface area contributed by atoms with Crippen LogP contribution in [0.15, 0.2) is 54.9 Å². The fraction of sp³-hybridized carbons (Fsp3) is 0.286. The van der Waals surface area contributed by atoms with Crippen LogP contribution in [0.5, 0.6) is 0 Å². The predicted octanol–water partition coefficient (Wildman–Crippen LogP) is 4.24. The molecule has 4 aromatic rings. The van der Waals surface area contributed by atoms with E-state index < -0.39 is 39.1 Å². The summed E-state index contributed by atoms with van der Waals surface area (Å²) in [5.74, 6) is -2.61. The van der Waals surface area contributed by atoms with Crippen LogP contribution in [-0.4, -0.2) is 58.6 Å². The summed E-state index contributed by atoms with van der Waals surface area (Å²) < 4.78 is 70.0. The van der Waals surface area contributed by atoms with E-state index in [9.17, 15) is 26.8 Å². The summed E-state index contributed by atoms with van der Waals surface area (Å²) in [5, 5.41) is 7.27. The molecule has 1 aliphatic rings. The molecule has 0 spiro atoms. The number of fused-ring (bicyclic) bond motifs is 1. The van der Waals surface area contributed by atoms with Gasteiger partial charge < -0.3 is 10.2 Å². The van der Waals surface area contributed by atoms with Gasteiger partial charge in [0.25, 0.3) is 11.8 Å². The average molecular weight is 601 g/mol. The van der Waals surface area contributed by atoms with Gasteiger partial charge in [0.1, 0.15) is 34.2 Å². The summed E-state index contributed by atoms with van der Waals surface area (Å²) in [4.78, 5) is 32.2. The Labute approximate surface area is 239 Å². The van der Waals surface area contributed by atoms with E-state index >= 15 is 4.39 Å². The van der Waals surface area contributed by atoms with Gasteiger partial charge in [-0.3, -0.25) is 9.59 Å². The van der Waals surface area contributed by atoms with E-state index in [1.807, 2.05) is 4.72 Å². The molecule has 0 atom stereocenters. The number of piperidine rings is 1. The lowest BCUT2D eigenvalue weighted by molar-refractivity contribution is 0.0421. The lowest BCUT2D eigenvalue weighted by Gasteiger charge is -2.37. The Morgan fingerprint density at radius 2 is 1.67 bits per heavy atom. The van der Waals surface area contributed by atoms with Crippen molar-refractivity contribution in [1.29, 1.82) is 0 Å². The minimum atomic E-state index is -3.88. The van der Waals surface area contributed by atoms with Gasteiger partial charge in [-0.15, -0.1) is 0 Å². The fourth-order valence-corrected chi connectivity index (χ4v) is 5.34. The number of anilines is 2. The molecule has 0 bridgehead atoms. The topological polar surface area (TPSA) is 126 Å². The van der Waals surface area contributed by atoms with Crippen LogP contribution in [0.2, 0.25) is 0 Å². The number of alkyl halides is 1. The first kappa shape index (κ1) is 29.0. The molecule has 1 fully saturated rings. The maximum absolute atomic E-state index is 15.7. The lowest BCUT2D eigenvalue weighted by Crippen LogP contribution is -2.43. The van der Waals surface area contributed by atoms with Crippen molar-refractivity contribution < 1.29 is 31.2 Å². The normalized spacial score (nSPS) is 15.0. The Kier molecular flexibility index (Phi) is 7.66. The third-order valence-corrected chi connectivity index (χ3v) is 8.53. The molecule has 10 nitrogen and oxygen atoms in total. The van der Waals surface area contributed by atoms with Crippen LogP contribution in [-0.2, 0) is 15.7 Å². The van der Waals surface area contributed by atoms with Crippen molar-refractivity contribution in [2.45, 2.75) is 32.4 Å². The van der Waals surface area contributed by atoms with Crippen LogP contribution >= 0.6 is 0 Å². The Balaban J connectivity index is 1.50. The van der Waals surface area contributed by atoms with E-state index in [0.29, 0.717) is 16.8 Å². The van der Waals surface area contributed by atoms with E-state index in [-0.39, 0.29) is 54.3 Å². The largest absolute Gasteiger partial charge is 0.339 e. The number of aromatic nitrogens is 3. The maximum atomic E-state index is 15.7. The van der Waals surface area contributed by atoms with E-state index in [1.165, 1.54) is 65.0 Å². The van der Waals surface area contributed by atoms with Gasteiger partial charge in [0.15, 0.2) is 5.65 Å².